The highest BCUT2D eigenvalue weighted by Gasteiger charge is 2.07. The van der Waals surface area contributed by atoms with E-state index in [-0.39, 0.29) is 0 Å². The third-order valence-corrected chi connectivity index (χ3v) is 4.80. The van der Waals surface area contributed by atoms with Crippen molar-refractivity contribution in [2.24, 2.45) is 5.10 Å². The third kappa shape index (κ3) is 5.22. The molecule has 4 rings (SSSR count). The fourth-order valence-corrected chi connectivity index (χ4v) is 3.18. The molecule has 0 aliphatic rings. The first-order valence-corrected chi connectivity index (χ1v) is 10.3. The van der Waals surface area contributed by atoms with Gasteiger partial charge in [-0.25, -0.2) is 10.4 Å². The highest BCUT2D eigenvalue weighted by molar-refractivity contribution is 5.82. The predicted molar refractivity (Wildman–Crippen MR) is 125 cm³/mol. The van der Waals surface area contributed by atoms with Crippen molar-refractivity contribution >= 4 is 23.2 Å². The van der Waals surface area contributed by atoms with Crippen LogP contribution in [0.3, 0.4) is 0 Å². The van der Waals surface area contributed by atoms with Crippen LogP contribution in [0.25, 0.3) is 11.0 Å². The average Bonchev–Trinajstić information content (AvgIpc) is 3.16. The second-order valence-electron chi connectivity index (χ2n) is 7.39. The molecule has 31 heavy (non-hydrogen) atoms. The number of hydrazone groups is 1. The second-order valence-corrected chi connectivity index (χ2v) is 7.39. The van der Waals surface area contributed by atoms with Crippen LogP contribution in [0.1, 0.15) is 29.2 Å². The molecule has 0 fully saturated rings. The Kier molecular flexibility index (Phi) is 6.17. The average molecular weight is 415 g/mol. The summed E-state index contributed by atoms with van der Waals surface area (Å²) in [5.41, 5.74) is 9.25. The van der Waals surface area contributed by atoms with Gasteiger partial charge in [-0.15, -0.1) is 0 Å². The highest BCUT2D eigenvalue weighted by atomic mass is 16.5. The molecule has 0 saturated carbocycles. The first-order valence-electron chi connectivity index (χ1n) is 10.3. The lowest BCUT2D eigenvalue weighted by molar-refractivity contribution is 0.269. The van der Waals surface area contributed by atoms with Gasteiger partial charge in [0.15, 0.2) is 11.5 Å². The summed E-state index contributed by atoms with van der Waals surface area (Å²) in [4.78, 5) is 7.70. The number of aryl methyl sites for hydroxylation is 2. The molecule has 0 bridgehead atoms. The summed E-state index contributed by atoms with van der Waals surface area (Å²) in [6.45, 7) is 7.12. The van der Waals surface area contributed by atoms with Crippen LogP contribution in [0.4, 0.5) is 5.95 Å². The molecule has 0 atom stereocenters. The van der Waals surface area contributed by atoms with Crippen molar-refractivity contribution in [3.05, 3.63) is 82.9 Å². The Morgan fingerprint density at radius 3 is 2.55 bits per heavy atom. The smallest absolute Gasteiger partial charge is 0.222 e. The molecule has 1 heterocycles. The van der Waals surface area contributed by atoms with Crippen LogP contribution in [0.5, 0.6) is 11.5 Å². The maximum Gasteiger partial charge on any atom is 0.222 e. The largest absolute Gasteiger partial charge is 0.490 e. The Hall–Kier alpha value is -3.80. The van der Waals surface area contributed by atoms with E-state index in [2.05, 4.69) is 64.7 Å². The van der Waals surface area contributed by atoms with Gasteiger partial charge in [0.1, 0.15) is 6.61 Å². The molecule has 158 valence electrons. The van der Waals surface area contributed by atoms with E-state index in [1.54, 1.807) is 6.21 Å². The molecule has 0 aliphatic carbocycles. The molecule has 6 heteroatoms. The number of nitrogens with one attached hydrogen (secondary N) is 2. The molecular weight excluding hydrogens is 388 g/mol. The molecule has 1 aromatic heterocycles. The molecule has 3 aromatic carbocycles. The Labute approximate surface area is 181 Å². The fourth-order valence-electron chi connectivity index (χ4n) is 3.18. The maximum atomic E-state index is 5.99. The van der Waals surface area contributed by atoms with E-state index in [1.807, 2.05) is 37.3 Å². The van der Waals surface area contributed by atoms with E-state index in [4.69, 9.17) is 9.47 Å². The van der Waals surface area contributed by atoms with Gasteiger partial charge in [-0.05, 0) is 67.8 Å². The van der Waals surface area contributed by atoms with Gasteiger partial charge in [0, 0.05) is 0 Å². The number of aromatic amines is 1. The molecule has 0 aliphatic heterocycles. The molecule has 0 radical (unpaired) electrons. The van der Waals surface area contributed by atoms with Gasteiger partial charge in [0.05, 0.1) is 23.9 Å². The van der Waals surface area contributed by atoms with E-state index in [9.17, 15) is 0 Å². The first-order chi connectivity index (χ1) is 15.1. The fraction of sp³-hybridized carbons (Fsp3) is 0.200. The summed E-state index contributed by atoms with van der Waals surface area (Å²) in [5.74, 6) is 2.00. The summed E-state index contributed by atoms with van der Waals surface area (Å²) >= 11 is 0. The van der Waals surface area contributed by atoms with Crippen molar-refractivity contribution in [3.63, 3.8) is 0 Å². The predicted octanol–water partition coefficient (Wildman–Crippen LogP) is 5.60. The zero-order valence-electron chi connectivity index (χ0n) is 18.0. The topological polar surface area (TPSA) is 71.5 Å². The number of rotatable bonds is 8. The van der Waals surface area contributed by atoms with E-state index in [0.29, 0.717) is 30.7 Å². The molecule has 0 spiro atoms. The van der Waals surface area contributed by atoms with Gasteiger partial charge >= 0.3 is 0 Å². The standard InChI is InChI=1S/C25H26N4O2/c1-4-30-24-14-20(10-12-23(24)31-16-19-8-5-17(2)6-9-19)15-26-29-25-27-21-11-7-18(3)13-22(21)28-25/h5-15H,4,16H2,1-3H3,(H2,27,28,29)/b26-15-. The number of hydrogen-bond acceptors (Lipinski definition) is 5. The number of hydrogen-bond donors (Lipinski definition) is 2. The molecule has 6 nitrogen and oxygen atoms in total. The number of H-pyrrole nitrogens is 1. The number of anilines is 1. The van der Waals surface area contributed by atoms with Crippen molar-refractivity contribution < 1.29 is 9.47 Å². The number of benzene rings is 3. The number of ether oxygens (including phenoxy) is 2. The monoisotopic (exact) mass is 414 g/mol. The lowest BCUT2D eigenvalue weighted by atomic mass is 10.2. The zero-order chi connectivity index (χ0) is 21.6. The lowest BCUT2D eigenvalue weighted by Crippen LogP contribution is -2.01. The molecule has 0 amide bonds. The van der Waals surface area contributed by atoms with Crippen molar-refractivity contribution in [2.45, 2.75) is 27.4 Å². The van der Waals surface area contributed by atoms with Crippen LogP contribution < -0.4 is 14.9 Å². The maximum absolute atomic E-state index is 5.99. The number of nitrogens with zero attached hydrogens (tertiary/aromatic N) is 2. The van der Waals surface area contributed by atoms with Crippen molar-refractivity contribution in [1.82, 2.24) is 9.97 Å². The Balaban J connectivity index is 1.43. The van der Waals surface area contributed by atoms with Gasteiger partial charge in [-0.2, -0.15) is 5.10 Å². The summed E-state index contributed by atoms with van der Waals surface area (Å²) < 4.78 is 11.8. The highest BCUT2D eigenvalue weighted by Crippen LogP contribution is 2.29. The molecule has 2 N–H and O–H groups in total. The molecule has 0 unspecified atom stereocenters. The Morgan fingerprint density at radius 2 is 1.74 bits per heavy atom. The van der Waals surface area contributed by atoms with Crippen LogP contribution in [-0.2, 0) is 6.61 Å². The van der Waals surface area contributed by atoms with Crippen molar-refractivity contribution in [2.75, 3.05) is 12.0 Å². The van der Waals surface area contributed by atoms with Crippen molar-refractivity contribution in [3.8, 4) is 11.5 Å². The van der Waals surface area contributed by atoms with Crippen LogP contribution in [0.2, 0.25) is 0 Å². The summed E-state index contributed by atoms with van der Waals surface area (Å²) in [6.07, 6.45) is 1.73. The van der Waals surface area contributed by atoms with E-state index in [1.165, 1.54) is 11.1 Å². The quantitative estimate of drug-likeness (QED) is 0.291. The summed E-state index contributed by atoms with van der Waals surface area (Å²) in [6, 6.07) is 20.2. The van der Waals surface area contributed by atoms with E-state index in [0.717, 1.165) is 22.2 Å². The lowest BCUT2D eigenvalue weighted by Gasteiger charge is -2.12. The van der Waals surface area contributed by atoms with Crippen LogP contribution in [0.15, 0.2) is 65.8 Å². The van der Waals surface area contributed by atoms with E-state index < -0.39 is 0 Å². The van der Waals surface area contributed by atoms with Gasteiger partial charge in [0.2, 0.25) is 5.95 Å². The van der Waals surface area contributed by atoms with Crippen LogP contribution in [0, 0.1) is 13.8 Å². The Bertz CT molecular complexity index is 1200. The zero-order valence-corrected chi connectivity index (χ0v) is 18.0. The molecule has 4 aromatic rings. The van der Waals surface area contributed by atoms with Gasteiger partial charge in [0.25, 0.3) is 0 Å². The van der Waals surface area contributed by atoms with Gasteiger partial charge in [-0.3, -0.25) is 0 Å². The van der Waals surface area contributed by atoms with Gasteiger partial charge < -0.3 is 14.5 Å². The van der Waals surface area contributed by atoms with Crippen molar-refractivity contribution in [1.29, 1.82) is 0 Å². The summed E-state index contributed by atoms with van der Waals surface area (Å²) in [5, 5.41) is 4.30. The number of imidazole rings is 1. The van der Waals surface area contributed by atoms with Crippen LogP contribution in [-0.4, -0.2) is 22.8 Å². The van der Waals surface area contributed by atoms with E-state index >= 15 is 0 Å². The SMILES string of the molecule is CCOc1cc(/C=N\Nc2nc3ccc(C)cc3[nH]2)ccc1OCc1ccc(C)cc1. The van der Waals surface area contributed by atoms with Gasteiger partial charge in [-0.1, -0.05) is 35.9 Å². The third-order valence-electron chi connectivity index (χ3n) is 4.80. The molecule has 0 saturated heterocycles. The second kappa shape index (κ2) is 9.34. The number of aromatic nitrogens is 2. The normalized spacial score (nSPS) is 11.2. The minimum absolute atomic E-state index is 0.487. The minimum Gasteiger partial charge on any atom is -0.490 e. The minimum atomic E-state index is 0.487. The Morgan fingerprint density at radius 1 is 0.935 bits per heavy atom. The van der Waals surface area contributed by atoms with Crippen LogP contribution >= 0.6 is 0 Å². The first kappa shape index (κ1) is 20.5. The number of fused-ring (bicyclic) bond motifs is 1. The summed E-state index contributed by atoms with van der Waals surface area (Å²) in [7, 11) is 0. The molecular formula is C25H26N4O2.